The number of aromatic nitrogens is 3. The molecular formula is C47H83N5O2S. The fourth-order valence-electron chi connectivity index (χ4n) is 7.86. The second-order valence-corrected chi connectivity index (χ2v) is 19.7. The molecule has 2 aliphatic heterocycles. The van der Waals surface area contributed by atoms with E-state index < -0.39 is 0 Å². The Hall–Kier alpha value is -2.35. The van der Waals surface area contributed by atoms with Gasteiger partial charge in [0, 0.05) is 47.6 Å². The Labute approximate surface area is 342 Å². The maximum absolute atomic E-state index is 11.5. The van der Waals surface area contributed by atoms with Crippen LogP contribution in [-0.2, 0) is 17.6 Å². The molecule has 2 amide bonds. The van der Waals surface area contributed by atoms with Gasteiger partial charge >= 0.3 is 6.03 Å². The van der Waals surface area contributed by atoms with Crippen molar-refractivity contribution in [2.75, 3.05) is 5.75 Å². The Bertz CT molecular complexity index is 1240. The molecule has 4 heterocycles. The van der Waals surface area contributed by atoms with Gasteiger partial charge in [0.25, 0.3) is 0 Å². The predicted octanol–water partition coefficient (Wildman–Crippen LogP) is 12.3. The Morgan fingerprint density at radius 3 is 1.93 bits per heavy atom. The van der Waals surface area contributed by atoms with Gasteiger partial charge in [-0.15, -0.1) is 0 Å². The van der Waals surface area contributed by atoms with Gasteiger partial charge in [0.2, 0.25) is 0 Å². The van der Waals surface area contributed by atoms with E-state index in [0.717, 1.165) is 73.4 Å². The zero-order chi connectivity index (χ0) is 40.6. The largest absolute Gasteiger partial charge is 0.348 e. The molecule has 2 saturated heterocycles. The number of pyridine rings is 1. The van der Waals surface area contributed by atoms with Crippen LogP contribution in [0.2, 0.25) is 0 Å². The summed E-state index contributed by atoms with van der Waals surface area (Å²) in [6.45, 7) is 22.2. The van der Waals surface area contributed by atoms with E-state index in [-0.39, 0.29) is 11.9 Å². The maximum Gasteiger partial charge on any atom is 0.315 e. The van der Waals surface area contributed by atoms with Crippen molar-refractivity contribution < 1.29 is 9.59 Å². The van der Waals surface area contributed by atoms with Gasteiger partial charge in [-0.1, -0.05) is 140 Å². The highest BCUT2D eigenvalue weighted by Gasteiger charge is 2.42. The molecule has 3 N–H and O–H groups in total. The average molecular weight is 782 g/mol. The third-order valence-electron chi connectivity index (χ3n) is 11.6. The lowest BCUT2D eigenvalue weighted by molar-refractivity contribution is -0.122. The summed E-state index contributed by atoms with van der Waals surface area (Å²) in [6, 6.07) is 4.68. The highest BCUT2D eigenvalue weighted by molar-refractivity contribution is 8.00. The number of urea groups is 1. The highest BCUT2D eigenvalue weighted by Crippen LogP contribution is 2.33. The van der Waals surface area contributed by atoms with E-state index in [1.165, 1.54) is 75.5 Å². The van der Waals surface area contributed by atoms with Crippen molar-refractivity contribution in [2.45, 2.75) is 189 Å². The lowest BCUT2D eigenvalue weighted by Crippen LogP contribution is -2.36. The van der Waals surface area contributed by atoms with E-state index in [9.17, 15) is 9.59 Å². The van der Waals surface area contributed by atoms with E-state index in [4.69, 9.17) is 0 Å². The number of imidazole rings is 1. The third-order valence-corrected chi connectivity index (χ3v) is 13.1. The number of ketones is 1. The molecule has 2 aromatic heterocycles. The van der Waals surface area contributed by atoms with Crippen LogP contribution in [0.5, 0.6) is 0 Å². The number of thioether (sulfide) groups is 1. The van der Waals surface area contributed by atoms with Crippen LogP contribution < -0.4 is 10.6 Å². The fourth-order valence-corrected chi connectivity index (χ4v) is 9.40. The van der Waals surface area contributed by atoms with Gasteiger partial charge in [-0.25, -0.2) is 9.78 Å². The number of hydrogen-bond acceptors (Lipinski definition) is 5. The number of aromatic amines is 1. The minimum Gasteiger partial charge on any atom is -0.348 e. The van der Waals surface area contributed by atoms with E-state index in [1.807, 2.05) is 50.3 Å². The number of fused-ring (bicyclic) bond motifs is 1. The van der Waals surface area contributed by atoms with Crippen molar-refractivity contribution in [1.82, 2.24) is 25.6 Å². The van der Waals surface area contributed by atoms with E-state index >= 15 is 0 Å². The summed E-state index contributed by atoms with van der Waals surface area (Å²) >= 11 is 1.94. The quantitative estimate of drug-likeness (QED) is 0.139. The Morgan fingerprint density at radius 2 is 1.44 bits per heavy atom. The normalized spacial score (nSPS) is 20.8. The standard InChI is InChI=1S/C13H22N2O2S.C9H13N.C9H18.C8H14N2.C8H16/c1-8(2)10(16)5-3-4-6-11-12-9(7-18-11)14-13(17)15-12;1-8(2)6-9-4-3-5-10-7-9;1-8(2)9-6-4-3-5-7-9;1-7(2)3-4-8-5-9-6-10-8;1-7(2)8-5-3-4-6-8/h8-9,11-12H,3-7H2,1-2H3,(H2,14,15,17);3-5,7-8H,6H2,1-2H3;8-9H,3-7H2,1-2H3;5-7H,3-4H2,1-2H3,(H,9,10);7-8H,3-6H2,1-2H3/t9?,11-,12?;;;;/m0..../s1. The zero-order valence-electron chi connectivity index (χ0n) is 36.9. The molecule has 0 aromatic carbocycles. The summed E-state index contributed by atoms with van der Waals surface area (Å²) < 4.78 is 0. The van der Waals surface area contributed by atoms with Gasteiger partial charge in [-0.05, 0) is 79.2 Å². The molecule has 8 heteroatoms. The van der Waals surface area contributed by atoms with E-state index in [2.05, 4.69) is 87.0 Å². The van der Waals surface area contributed by atoms with Gasteiger partial charge in [-0.2, -0.15) is 11.8 Å². The molecule has 2 saturated carbocycles. The predicted molar refractivity (Wildman–Crippen MR) is 237 cm³/mol. The molecule has 3 atom stereocenters. The Morgan fingerprint density at radius 1 is 0.800 bits per heavy atom. The first-order valence-corrected chi connectivity index (χ1v) is 23.4. The lowest BCUT2D eigenvalue weighted by Gasteiger charge is -2.24. The number of carbonyl (C=O) groups excluding carboxylic acids is 2. The minimum atomic E-state index is -0.0229. The second kappa shape index (κ2) is 28.1. The van der Waals surface area contributed by atoms with E-state index in [1.54, 1.807) is 6.33 Å². The van der Waals surface area contributed by atoms with Crippen LogP contribution in [0, 0.1) is 41.4 Å². The molecule has 314 valence electrons. The molecule has 4 fully saturated rings. The van der Waals surface area contributed by atoms with Gasteiger partial charge < -0.3 is 15.6 Å². The number of rotatable bonds is 13. The molecule has 0 spiro atoms. The summed E-state index contributed by atoms with van der Waals surface area (Å²) in [5.41, 5.74) is 2.58. The van der Waals surface area contributed by atoms with Crippen LogP contribution >= 0.6 is 11.8 Å². The molecule has 0 radical (unpaired) electrons. The van der Waals surface area contributed by atoms with Crippen molar-refractivity contribution in [1.29, 1.82) is 0 Å². The second-order valence-electron chi connectivity index (χ2n) is 18.4. The smallest absolute Gasteiger partial charge is 0.315 e. The first kappa shape index (κ1) is 48.8. The number of H-pyrrole nitrogens is 1. The Balaban J connectivity index is 0.000000247. The number of carbonyl (C=O) groups is 2. The number of hydrogen-bond donors (Lipinski definition) is 3. The molecule has 7 nitrogen and oxygen atoms in total. The molecule has 0 bridgehead atoms. The monoisotopic (exact) mass is 782 g/mol. The van der Waals surface area contributed by atoms with Gasteiger partial charge in [0.15, 0.2) is 0 Å². The van der Waals surface area contributed by atoms with Crippen molar-refractivity contribution in [3.8, 4) is 0 Å². The first-order chi connectivity index (χ1) is 26.3. The van der Waals surface area contributed by atoms with Crippen molar-refractivity contribution in [3.63, 3.8) is 0 Å². The number of Topliss-reactive ketones (excluding diaryl/α,β-unsaturated/α-hetero) is 1. The number of unbranched alkanes of at least 4 members (excludes halogenated alkanes) is 1. The summed E-state index contributed by atoms with van der Waals surface area (Å²) in [6.07, 6.45) is 28.1. The van der Waals surface area contributed by atoms with Gasteiger partial charge in [-0.3, -0.25) is 9.78 Å². The summed E-state index contributed by atoms with van der Waals surface area (Å²) in [5.74, 6) is 7.04. The number of nitrogens with one attached hydrogen (secondary N) is 3. The van der Waals surface area contributed by atoms with Crippen molar-refractivity contribution >= 4 is 23.6 Å². The number of amides is 2. The molecule has 4 aliphatic rings. The summed E-state index contributed by atoms with van der Waals surface area (Å²) in [4.78, 5) is 33.8. The molecular weight excluding hydrogens is 699 g/mol. The first-order valence-electron chi connectivity index (χ1n) is 22.3. The molecule has 2 aromatic rings. The van der Waals surface area contributed by atoms with Crippen LogP contribution in [0.1, 0.15) is 170 Å². The van der Waals surface area contributed by atoms with Gasteiger partial charge in [0.1, 0.15) is 5.78 Å². The van der Waals surface area contributed by atoms with Crippen molar-refractivity contribution in [2.24, 2.45) is 41.4 Å². The van der Waals surface area contributed by atoms with Crippen LogP contribution in [-0.4, -0.2) is 49.9 Å². The molecule has 2 unspecified atom stereocenters. The van der Waals surface area contributed by atoms with Crippen LogP contribution in [0.3, 0.4) is 0 Å². The van der Waals surface area contributed by atoms with Gasteiger partial charge in [0.05, 0.1) is 18.4 Å². The zero-order valence-corrected chi connectivity index (χ0v) is 37.7. The number of aryl methyl sites for hydroxylation is 1. The average Bonchev–Trinajstić information content (AvgIpc) is 3.99. The van der Waals surface area contributed by atoms with Crippen LogP contribution in [0.25, 0.3) is 0 Å². The Kier molecular flexibility index (Phi) is 24.9. The molecule has 55 heavy (non-hydrogen) atoms. The lowest BCUT2D eigenvalue weighted by atomic mass is 9.82. The van der Waals surface area contributed by atoms with E-state index in [0.29, 0.717) is 29.5 Å². The highest BCUT2D eigenvalue weighted by atomic mass is 32.2. The summed E-state index contributed by atoms with van der Waals surface area (Å²) in [7, 11) is 0. The SMILES string of the molecule is CC(C)C(=O)CCCC[C@@H]1SCC2NC(=O)NC21.CC(C)C1CCCC1.CC(C)C1CCCCC1.CC(C)CCc1cnc[nH]1.CC(C)Cc1cccnc1. The van der Waals surface area contributed by atoms with Crippen LogP contribution in [0.15, 0.2) is 37.1 Å². The minimum absolute atomic E-state index is 0.0229. The number of nitrogens with zero attached hydrogens (tertiary/aromatic N) is 2. The fraction of sp³-hybridized carbons (Fsp3) is 0.787. The topological polar surface area (TPSA) is 99.8 Å². The van der Waals surface area contributed by atoms with Crippen molar-refractivity contribution in [3.05, 3.63) is 48.3 Å². The van der Waals surface area contributed by atoms with Crippen LogP contribution in [0.4, 0.5) is 4.79 Å². The molecule has 2 aliphatic carbocycles. The summed E-state index contributed by atoms with van der Waals surface area (Å²) in [5, 5.41) is 6.46. The molecule has 6 rings (SSSR count). The third kappa shape index (κ3) is 21.7. The maximum atomic E-state index is 11.5.